The van der Waals surface area contributed by atoms with E-state index in [9.17, 15) is 13.2 Å². The van der Waals surface area contributed by atoms with Crippen molar-refractivity contribution in [1.29, 1.82) is 0 Å². The van der Waals surface area contributed by atoms with Crippen LogP contribution in [0.25, 0.3) is 0 Å². The largest absolute Gasteiger partial charge is 0.331 e. The predicted octanol–water partition coefficient (Wildman–Crippen LogP) is 1.66. The molecule has 0 aromatic rings. The Kier molecular flexibility index (Phi) is 3.50. The molecular formula is C4H7BrF3N. The van der Waals surface area contributed by atoms with Crippen molar-refractivity contribution in [1.82, 2.24) is 0 Å². The van der Waals surface area contributed by atoms with Gasteiger partial charge in [0.05, 0.1) is 0 Å². The van der Waals surface area contributed by atoms with E-state index in [4.69, 9.17) is 5.73 Å². The second-order valence-corrected chi connectivity index (χ2v) is 2.64. The Labute approximate surface area is 59.5 Å². The van der Waals surface area contributed by atoms with Crippen LogP contribution in [0.2, 0.25) is 0 Å². The molecule has 0 amide bonds. The van der Waals surface area contributed by atoms with Gasteiger partial charge in [-0.2, -0.15) is 8.78 Å². The number of halogens is 4. The molecule has 0 heterocycles. The summed E-state index contributed by atoms with van der Waals surface area (Å²) in [6.07, 6.45) is -2.50. The van der Waals surface area contributed by atoms with E-state index in [2.05, 4.69) is 0 Å². The topological polar surface area (TPSA) is 26.0 Å². The van der Waals surface area contributed by atoms with Crippen LogP contribution in [0, 0.1) is 0 Å². The molecule has 1 atom stereocenters. The van der Waals surface area contributed by atoms with Crippen LogP contribution in [-0.2, 0) is 0 Å². The zero-order valence-electron chi connectivity index (χ0n) is 4.58. The number of hydrogen-bond donors (Lipinski definition) is 1. The Morgan fingerprint density at radius 2 is 2.00 bits per heavy atom. The molecule has 9 heavy (non-hydrogen) atoms. The number of alkyl halides is 4. The van der Waals surface area contributed by atoms with E-state index in [1.165, 1.54) is 0 Å². The van der Waals surface area contributed by atoms with Crippen LogP contribution in [-0.4, -0.2) is 17.5 Å². The lowest BCUT2D eigenvalue weighted by Gasteiger charge is -2.11. The van der Waals surface area contributed by atoms with Gasteiger partial charge in [-0.15, -0.1) is 0 Å². The molecule has 0 fully saturated rings. The van der Waals surface area contributed by atoms with Crippen molar-refractivity contribution in [3.05, 3.63) is 0 Å². The summed E-state index contributed by atoms with van der Waals surface area (Å²) in [5.41, 5.74) is 4.83. The Morgan fingerprint density at radius 1 is 1.56 bits per heavy atom. The van der Waals surface area contributed by atoms with E-state index in [0.29, 0.717) is 0 Å². The first-order valence-electron chi connectivity index (χ1n) is 2.39. The summed E-state index contributed by atoms with van der Waals surface area (Å²) in [5, 5.41) is 0. The molecule has 0 saturated heterocycles. The van der Waals surface area contributed by atoms with Gasteiger partial charge in [0.2, 0.25) is 0 Å². The average molecular weight is 206 g/mol. The molecule has 0 aliphatic carbocycles. The fourth-order valence-corrected chi connectivity index (χ4v) is 0.539. The lowest BCUT2D eigenvalue weighted by atomic mass is 10.3. The molecule has 1 unspecified atom stereocenters. The second kappa shape index (κ2) is 3.41. The van der Waals surface area contributed by atoms with Gasteiger partial charge in [-0.1, -0.05) is 0 Å². The van der Waals surface area contributed by atoms with Gasteiger partial charge in [0.25, 0.3) is 0 Å². The fourth-order valence-electron chi connectivity index (χ4n) is 0.310. The molecule has 0 saturated carbocycles. The molecule has 2 N–H and O–H groups in total. The third kappa shape index (κ3) is 3.75. The minimum atomic E-state index is -3.42. The Hall–Kier alpha value is 0.230. The minimum absolute atomic E-state index is 0.0671. The van der Waals surface area contributed by atoms with Gasteiger partial charge in [-0.05, 0) is 28.9 Å². The quantitative estimate of drug-likeness (QED) is 0.698. The van der Waals surface area contributed by atoms with Crippen LogP contribution in [0.5, 0.6) is 0 Å². The van der Waals surface area contributed by atoms with Crippen LogP contribution >= 0.6 is 15.9 Å². The molecule has 0 aliphatic heterocycles. The van der Waals surface area contributed by atoms with Gasteiger partial charge in [-0.3, -0.25) is 0 Å². The number of nitrogens with two attached hydrogens (primary N) is 1. The van der Waals surface area contributed by atoms with Crippen molar-refractivity contribution < 1.29 is 13.2 Å². The standard InChI is InChI=1S/C4H7BrF3N/c5-4(7,8)3(6)1-2-9/h3H,1-2,9H2. The first kappa shape index (κ1) is 9.23. The van der Waals surface area contributed by atoms with E-state index in [1.807, 2.05) is 15.9 Å². The Balaban J connectivity index is 3.59. The van der Waals surface area contributed by atoms with E-state index in [0.717, 1.165) is 0 Å². The summed E-state index contributed by atoms with van der Waals surface area (Å²) < 4.78 is 35.6. The normalized spacial score (nSPS) is 15.7. The molecule has 1 nitrogen and oxygen atoms in total. The molecule has 0 bridgehead atoms. The SMILES string of the molecule is NCCC(F)C(F)(F)Br. The molecule has 0 rings (SSSR count). The number of rotatable bonds is 3. The Bertz CT molecular complexity index is 82.4. The first-order valence-corrected chi connectivity index (χ1v) is 3.18. The van der Waals surface area contributed by atoms with Crippen molar-refractivity contribution >= 4 is 15.9 Å². The minimum Gasteiger partial charge on any atom is -0.330 e. The highest BCUT2D eigenvalue weighted by molar-refractivity contribution is 9.10. The van der Waals surface area contributed by atoms with Crippen LogP contribution in [0.1, 0.15) is 6.42 Å². The van der Waals surface area contributed by atoms with Gasteiger partial charge in [-0.25, -0.2) is 4.39 Å². The second-order valence-electron chi connectivity index (χ2n) is 1.59. The van der Waals surface area contributed by atoms with E-state index < -0.39 is 11.0 Å². The monoisotopic (exact) mass is 205 g/mol. The highest BCUT2D eigenvalue weighted by Gasteiger charge is 2.35. The highest BCUT2D eigenvalue weighted by Crippen LogP contribution is 2.29. The van der Waals surface area contributed by atoms with Gasteiger partial charge < -0.3 is 5.73 Å². The maximum Gasteiger partial charge on any atom is 0.331 e. The Morgan fingerprint density at radius 3 is 2.11 bits per heavy atom. The fraction of sp³-hybridized carbons (Fsp3) is 1.00. The molecule has 5 heteroatoms. The van der Waals surface area contributed by atoms with Crippen molar-refractivity contribution in [3.63, 3.8) is 0 Å². The summed E-state index contributed by atoms with van der Waals surface area (Å²) in [6, 6.07) is 0. The first-order chi connectivity index (χ1) is 3.98. The third-order valence-corrected chi connectivity index (χ3v) is 1.27. The predicted molar refractivity (Wildman–Crippen MR) is 32.4 cm³/mol. The summed E-state index contributed by atoms with van der Waals surface area (Å²) in [5.74, 6) is 0. The van der Waals surface area contributed by atoms with Crippen molar-refractivity contribution in [3.8, 4) is 0 Å². The lowest BCUT2D eigenvalue weighted by molar-refractivity contribution is 0.0192. The number of hydrogen-bond acceptors (Lipinski definition) is 1. The van der Waals surface area contributed by atoms with Gasteiger partial charge in [0, 0.05) is 0 Å². The van der Waals surface area contributed by atoms with Crippen LogP contribution in [0.4, 0.5) is 13.2 Å². The van der Waals surface area contributed by atoms with Crippen LogP contribution < -0.4 is 5.73 Å². The molecule has 0 aromatic carbocycles. The molecule has 0 aliphatic rings. The van der Waals surface area contributed by atoms with Crippen molar-refractivity contribution in [2.24, 2.45) is 5.73 Å². The summed E-state index contributed by atoms with van der Waals surface area (Å²) >= 11 is 1.88. The highest BCUT2D eigenvalue weighted by atomic mass is 79.9. The maximum absolute atomic E-state index is 12.0. The van der Waals surface area contributed by atoms with Crippen molar-refractivity contribution in [2.45, 2.75) is 17.4 Å². The molecule has 0 aromatic heterocycles. The van der Waals surface area contributed by atoms with Crippen LogP contribution in [0.15, 0.2) is 0 Å². The summed E-state index contributed by atoms with van der Waals surface area (Å²) in [6.45, 7) is -0.0671. The molecule has 56 valence electrons. The molecular weight excluding hydrogens is 199 g/mol. The van der Waals surface area contributed by atoms with E-state index in [-0.39, 0.29) is 13.0 Å². The summed E-state index contributed by atoms with van der Waals surface area (Å²) in [7, 11) is 0. The zero-order valence-corrected chi connectivity index (χ0v) is 6.17. The van der Waals surface area contributed by atoms with E-state index >= 15 is 0 Å². The molecule has 0 radical (unpaired) electrons. The van der Waals surface area contributed by atoms with Crippen molar-refractivity contribution in [2.75, 3.05) is 6.54 Å². The zero-order chi connectivity index (χ0) is 7.49. The van der Waals surface area contributed by atoms with Gasteiger partial charge in [0.1, 0.15) is 0 Å². The molecule has 0 spiro atoms. The third-order valence-electron chi connectivity index (χ3n) is 0.775. The maximum atomic E-state index is 12.0. The lowest BCUT2D eigenvalue weighted by Crippen LogP contribution is -2.25. The van der Waals surface area contributed by atoms with Gasteiger partial charge >= 0.3 is 4.83 Å². The van der Waals surface area contributed by atoms with E-state index in [1.54, 1.807) is 0 Å². The van der Waals surface area contributed by atoms with Gasteiger partial charge in [0.15, 0.2) is 6.17 Å². The smallest absolute Gasteiger partial charge is 0.330 e. The summed E-state index contributed by atoms with van der Waals surface area (Å²) in [4.78, 5) is -3.42. The van der Waals surface area contributed by atoms with Crippen LogP contribution in [0.3, 0.4) is 0 Å². The average Bonchev–Trinajstić information content (AvgIpc) is 1.64.